The normalized spacial score (nSPS) is 30.4. The van der Waals surface area contributed by atoms with Crippen molar-refractivity contribution in [1.29, 1.82) is 0 Å². The zero-order valence-electron chi connectivity index (χ0n) is 9.12. The molecule has 0 aromatic carbocycles. The van der Waals surface area contributed by atoms with Gasteiger partial charge in [0.15, 0.2) is 0 Å². The van der Waals surface area contributed by atoms with E-state index in [0.717, 1.165) is 11.9 Å². The van der Waals surface area contributed by atoms with Crippen molar-refractivity contribution in [3.63, 3.8) is 0 Å². The summed E-state index contributed by atoms with van der Waals surface area (Å²) in [7, 11) is 0. The van der Waals surface area contributed by atoms with Crippen molar-refractivity contribution >= 4 is 6.29 Å². The fourth-order valence-corrected chi connectivity index (χ4v) is 1.84. The molecule has 0 N–H and O–H groups in total. The molecule has 2 unspecified atom stereocenters. The molecule has 1 aliphatic rings. The number of hydrogen-bond acceptors (Lipinski definition) is 2. The van der Waals surface area contributed by atoms with Crippen LogP contribution in [0.15, 0.2) is 24.3 Å². The van der Waals surface area contributed by atoms with Gasteiger partial charge in [-0.2, -0.15) is 0 Å². The second-order valence-electron chi connectivity index (χ2n) is 4.25. The fraction of sp³-hybridized carbons (Fsp3) is 0.583. The molecule has 0 spiro atoms. The van der Waals surface area contributed by atoms with Gasteiger partial charge in [0.1, 0.15) is 6.29 Å². The molecular weight excluding hydrogens is 176 g/mol. The molecule has 0 fully saturated rings. The maximum Gasteiger partial charge on any atom is 0.130 e. The van der Waals surface area contributed by atoms with Gasteiger partial charge in [0, 0.05) is 12.0 Å². The van der Waals surface area contributed by atoms with E-state index >= 15 is 0 Å². The van der Waals surface area contributed by atoms with Gasteiger partial charge in [-0.15, -0.1) is 0 Å². The van der Waals surface area contributed by atoms with E-state index in [0.29, 0.717) is 6.61 Å². The van der Waals surface area contributed by atoms with Crippen LogP contribution in [-0.2, 0) is 9.53 Å². The first-order chi connectivity index (χ1) is 6.53. The molecule has 0 aliphatic heterocycles. The maximum atomic E-state index is 10.8. The second-order valence-corrected chi connectivity index (χ2v) is 4.25. The van der Waals surface area contributed by atoms with Gasteiger partial charge in [-0.05, 0) is 12.5 Å². The Morgan fingerprint density at radius 3 is 2.79 bits per heavy atom. The predicted molar refractivity (Wildman–Crippen MR) is 57.0 cm³/mol. The summed E-state index contributed by atoms with van der Waals surface area (Å²) in [5, 5.41) is 0. The lowest BCUT2D eigenvalue weighted by Crippen LogP contribution is -2.37. The highest BCUT2D eigenvalue weighted by Gasteiger charge is 2.35. The van der Waals surface area contributed by atoms with Crippen LogP contribution >= 0.6 is 0 Å². The molecule has 78 valence electrons. The van der Waals surface area contributed by atoms with Crippen molar-refractivity contribution in [2.24, 2.45) is 11.3 Å². The minimum atomic E-state index is -0.181. The summed E-state index contributed by atoms with van der Waals surface area (Å²) in [4.78, 5) is 10.8. The lowest BCUT2D eigenvalue weighted by Gasteiger charge is -2.37. The highest BCUT2D eigenvalue weighted by Crippen LogP contribution is 2.37. The van der Waals surface area contributed by atoms with E-state index in [-0.39, 0.29) is 17.4 Å². The van der Waals surface area contributed by atoms with Crippen molar-refractivity contribution in [2.75, 3.05) is 6.61 Å². The zero-order chi connectivity index (χ0) is 10.8. The fourth-order valence-electron chi connectivity index (χ4n) is 1.84. The first kappa shape index (κ1) is 11.2. The number of ether oxygens (including phenoxy) is 1. The van der Waals surface area contributed by atoms with Crippen molar-refractivity contribution in [1.82, 2.24) is 0 Å². The Kier molecular flexibility index (Phi) is 3.27. The topological polar surface area (TPSA) is 26.3 Å². The molecule has 14 heavy (non-hydrogen) atoms. The number of carbonyl (C=O) groups is 1. The summed E-state index contributed by atoms with van der Waals surface area (Å²) >= 11 is 0. The highest BCUT2D eigenvalue weighted by molar-refractivity contribution is 5.63. The quantitative estimate of drug-likeness (QED) is 0.509. The van der Waals surface area contributed by atoms with E-state index in [2.05, 4.69) is 20.4 Å². The second kappa shape index (κ2) is 4.09. The van der Waals surface area contributed by atoms with Crippen LogP contribution in [0.2, 0.25) is 0 Å². The van der Waals surface area contributed by atoms with Crippen molar-refractivity contribution in [2.45, 2.75) is 26.9 Å². The summed E-state index contributed by atoms with van der Waals surface area (Å²) in [5.74, 6) is -0.181. The van der Waals surface area contributed by atoms with Gasteiger partial charge < -0.3 is 9.53 Å². The molecular formula is C12H18O2. The Hall–Kier alpha value is -0.890. The molecule has 0 aromatic rings. The van der Waals surface area contributed by atoms with Crippen molar-refractivity contribution in [3.8, 4) is 0 Å². The van der Waals surface area contributed by atoms with Gasteiger partial charge in [-0.3, -0.25) is 0 Å². The third-order valence-corrected chi connectivity index (χ3v) is 2.65. The molecule has 0 saturated carbocycles. The standard InChI is InChI=1S/C12H18O2/c1-5-14-11-9(2)10(8-13)6-7-12(11,3)4/h6-8,10-11H,2,5H2,1,3-4H3. The number of carbonyl (C=O) groups excluding carboxylic acids is 1. The molecule has 0 aromatic heterocycles. The van der Waals surface area contributed by atoms with E-state index in [1.54, 1.807) is 0 Å². The Morgan fingerprint density at radius 2 is 2.29 bits per heavy atom. The van der Waals surface area contributed by atoms with Gasteiger partial charge in [-0.25, -0.2) is 0 Å². The first-order valence-corrected chi connectivity index (χ1v) is 4.98. The average molecular weight is 194 g/mol. The SMILES string of the molecule is C=C1C(C=O)C=CC(C)(C)C1OCC. The van der Waals surface area contributed by atoms with Crippen LogP contribution in [0.5, 0.6) is 0 Å². The number of allylic oxidation sites excluding steroid dienone is 1. The molecule has 0 heterocycles. The summed E-state index contributed by atoms with van der Waals surface area (Å²) in [6.07, 6.45) is 4.82. The van der Waals surface area contributed by atoms with Gasteiger partial charge in [0.2, 0.25) is 0 Å². The van der Waals surface area contributed by atoms with Gasteiger partial charge in [0.05, 0.1) is 12.0 Å². The molecule has 0 radical (unpaired) electrons. The Labute approximate surface area is 85.6 Å². The zero-order valence-corrected chi connectivity index (χ0v) is 9.12. The third-order valence-electron chi connectivity index (χ3n) is 2.65. The average Bonchev–Trinajstić information content (AvgIpc) is 2.12. The smallest absolute Gasteiger partial charge is 0.130 e. The lowest BCUT2D eigenvalue weighted by molar-refractivity contribution is -0.110. The largest absolute Gasteiger partial charge is 0.373 e. The third kappa shape index (κ3) is 1.95. The summed E-state index contributed by atoms with van der Waals surface area (Å²) in [6.45, 7) is 10.7. The number of aldehydes is 1. The number of rotatable bonds is 3. The van der Waals surface area contributed by atoms with Crippen molar-refractivity contribution in [3.05, 3.63) is 24.3 Å². The Morgan fingerprint density at radius 1 is 1.64 bits per heavy atom. The molecule has 1 aliphatic carbocycles. The maximum absolute atomic E-state index is 10.8. The van der Waals surface area contributed by atoms with E-state index < -0.39 is 0 Å². The highest BCUT2D eigenvalue weighted by atomic mass is 16.5. The van der Waals surface area contributed by atoms with E-state index in [9.17, 15) is 4.79 Å². The minimum Gasteiger partial charge on any atom is -0.373 e. The molecule has 1 rings (SSSR count). The summed E-state index contributed by atoms with van der Waals surface area (Å²) in [5.41, 5.74) is 0.807. The molecule has 2 atom stereocenters. The lowest BCUT2D eigenvalue weighted by atomic mass is 9.74. The summed E-state index contributed by atoms with van der Waals surface area (Å²) in [6, 6.07) is 0. The van der Waals surface area contributed by atoms with E-state index in [1.807, 2.05) is 19.1 Å². The summed E-state index contributed by atoms with van der Waals surface area (Å²) < 4.78 is 5.63. The minimum absolute atomic E-state index is 0.0484. The molecule has 2 heteroatoms. The van der Waals surface area contributed by atoms with E-state index in [1.165, 1.54) is 0 Å². The van der Waals surface area contributed by atoms with Gasteiger partial charge in [0.25, 0.3) is 0 Å². The molecule has 0 bridgehead atoms. The molecule has 0 saturated heterocycles. The number of hydrogen-bond donors (Lipinski definition) is 0. The van der Waals surface area contributed by atoms with Crippen LogP contribution < -0.4 is 0 Å². The van der Waals surface area contributed by atoms with E-state index in [4.69, 9.17) is 4.74 Å². The molecule has 0 amide bonds. The van der Waals surface area contributed by atoms with Crippen LogP contribution in [0, 0.1) is 11.3 Å². The first-order valence-electron chi connectivity index (χ1n) is 4.98. The van der Waals surface area contributed by atoms with Gasteiger partial charge >= 0.3 is 0 Å². The predicted octanol–water partition coefficient (Wildman–Crippen LogP) is 2.36. The van der Waals surface area contributed by atoms with Crippen LogP contribution in [0.3, 0.4) is 0 Å². The van der Waals surface area contributed by atoms with Gasteiger partial charge in [-0.1, -0.05) is 32.6 Å². The van der Waals surface area contributed by atoms with Crippen LogP contribution in [0.25, 0.3) is 0 Å². The van der Waals surface area contributed by atoms with Crippen molar-refractivity contribution < 1.29 is 9.53 Å². The van der Waals surface area contributed by atoms with Crippen LogP contribution in [0.4, 0.5) is 0 Å². The monoisotopic (exact) mass is 194 g/mol. The van der Waals surface area contributed by atoms with Crippen LogP contribution in [-0.4, -0.2) is 19.0 Å². The Balaban J connectivity index is 2.94. The Bertz CT molecular complexity index is 263. The van der Waals surface area contributed by atoms with Crippen LogP contribution in [0.1, 0.15) is 20.8 Å². The molecule has 2 nitrogen and oxygen atoms in total.